The molecule has 1 aromatic heterocycles. The maximum absolute atomic E-state index is 10.6. The molecule has 0 radical (unpaired) electrons. The minimum atomic E-state index is -0.233. The first-order valence-corrected chi connectivity index (χ1v) is 5.98. The van der Waals surface area contributed by atoms with Crippen LogP contribution in [0.4, 0.5) is 0 Å². The molecule has 4 nitrogen and oxygen atoms in total. The van der Waals surface area contributed by atoms with Gasteiger partial charge < -0.3 is 9.47 Å². The number of rotatable bonds is 2. The number of carbonyl (C=O) groups is 1. The zero-order chi connectivity index (χ0) is 11.7. The molecule has 2 aromatic rings. The molecule has 0 saturated carbocycles. The van der Waals surface area contributed by atoms with Gasteiger partial charge in [0.25, 0.3) is 0 Å². The van der Waals surface area contributed by atoms with Gasteiger partial charge in [-0.25, -0.2) is 4.98 Å². The Balaban J connectivity index is 1.86. The Labute approximate surface area is 102 Å². The van der Waals surface area contributed by atoms with E-state index in [-0.39, 0.29) is 6.10 Å². The highest BCUT2D eigenvalue weighted by Gasteiger charge is 2.24. The van der Waals surface area contributed by atoms with E-state index in [1.807, 2.05) is 24.3 Å². The normalized spacial score (nSPS) is 17.8. The third-order valence-electron chi connectivity index (χ3n) is 2.44. The molecule has 0 saturated heterocycles. The molecular weight excluding hydrogens is 238 g/mol. The highest BCUT2D eigenvalue weighted by Crippen LogP contribution is 2.36. The first kappa shape index (κ1) is 10.3. The van der Waals surface area contributed by atoms with Crippen molar-refractivity contribution in [3.8, 4) is 11.5 Å². The van der Waals surface area contributed by atoms with E-state index in [1.54, 1.807) is 6.20 Å². The standard InChI is InChI=1S/C12H9NO3S/c14-6-8-5-13-12(17-8)11-7-15-9-3-1-2-4-10(9)16-11/h1-6,11H,7H2. The number of fused-ring (bicyclic) bond motifs is 1. The van der Waals surface area contributed by atoms with Gasteiger partial charge in [-0.05, 0) is 12.1 Å². The van der Waals surface area contributed by atoms with Crippen LogP contribution >= 0.6 is 11.3 Å². The van der Waals surface area contributed by atoms with E-state index < -0.39 is 0 Å². The molecule has 5 heteroatoms. The quantitative estimate of drug-likeness (QED) is 0.765. The van der Waals surface area contributed by atoms with E-state index >= 15 is 0 Å². The lowest BCUT2D eigenvalue weighted by atomic mass is 10.2. The summed E-state index contributed by atoms with van der Waals surface area (Å²) in [6, 6.07) is 7.51. The van der Waals surface area contributed by atoms with Crippen LogP contribution in [0.3, 0.4) is 0 Å². The predicted molar refractivity (Wildman–Crippen MR) is 62.8 cm³/mol. The summed E-state index contributed by atoms with van der Waals surface area (Å²) in [6.07, 6.45) is 2.11. The van der Waals surface area contributed by atoms with Crippen LogP contribution in [0.1, 0.15) is 20.8 Å². The second-order valence-corrected chi connectivity index (χ2v) is 4.68. The van der Waals surface area contributed by atoms with Crippen molar-refractivity contribution in [2.75, 3.05) is 6.61 Å². The zero-order valence-electron chi connectivity index (χ0n) is 8.83. The summed E-state index contributed by atoms with van der Waals surface area (Å²) in [4.78, 5) is 15.4. The van der Waals surface area contributed by atoms with E-state index in [0.29, 0.717) is 17.2 Å². The van der Waals surface area contributed by atoms with Gasteiger partial charge in [0.2, 0.25) is 0 Å². The van der Waals surface area contributed by atoms with Crippen molar-refractivity contribution in [2.45, 2.75) is 6.10 Å². The van der Waals surface area contributed by atoms with Gasteiger partial charge in [-0.2, -0.15) is 0 Å². The van der Waals surface area contributed by atoms with E-state index in [9.17, 15) is 4.79 Å². The minimum absolute atomic E-state index is 0.233. The van der Waals surface area contributed by atoms with E-state index in [4.69, 9.17) is 9.47 Å². The van der Waals surface area contributed by atoms with Crippen molar-refractivity contribution in [3.05, 3.63) is 40.3 Å². The number of hydrogen-bond donors (Lipinski definition) is 0. The topological polar surface area (TPSA) is 48.4 Å². The fourth-order valence-electron chi connectivity index (χ4n) is 1.65. The summed E-state index contributed by atoms with van der Waals surface area (Å²) in [5.41, 5.74) is 0. The van der Waals surface area contributed by atoms with Crippen LogP contribution in [0.15, 0.2) is 30.5 Å². The maximum Gasteiger partial charge on any atom is 0.184 e. The largest absolute Gasteiger partial charge is 0.485 e. The first-order valence-electron chi connectivity index (χ1n) is 5.16. The van der Waals surface area contributed by atoms with Crippen LogP contribution in [0.25, 0.3) is 0 Å². The molecule has 17 heavy (non-hydrogen) atoms. The number of nitrogens with zero attached hydrogens (tertiary/aromatic N) is 1. The van der Waals surface area contributed by atoms with Gasteiger partial charge in [0.15, 0.2) is 23.9 Å². The molecule has 0 fully saturated rings. The molecule has 0 N–H and O–H groups in total. The minimum Gasteiger partial charge on any atom is -0.485 e. The van der Waals surface area contributed by atoms with Gasteiger partial charge in [-0.1, -0.05) is 12.1 Å². The lowest BCUT2D eigenvalue weighted by molar-refractivity contribution is 0.0911. The van der Waals surface area contributed by atoms with Crippen molar-refractivity contribution >= 4 is 17.6 Å². The van der Waals surface area contributed by atoms with Crippen LogP contribution in [0.5, 0.6) is 11.5 Å². The lowest BCUT2D eigenvalue weighted by Crippen LogP contribution is -2.21. The van der Waals surface area contributed by atoms with Crippen LogP contribution < -0.4 is 9.47 Å². The molecule has 0 aliphatic carbocycles. The number of para-hydroxylation sites is 2. The number of ether oxygens (including phenoxy) is 2. The number of benzene rings is 1. The Morgan fingerprint density at radius 3 is 2.94 bits per heavy atom. The third-order valence-corrected chi connectivity index (χ3v) is 3.46. The summed E-state index contributed by atoms with van der Waals surface area (Å²) in [5, 5.41) is 0.765. The van der Waals surface area contributed by atoms with Gasteiger partial charge >= 0.3 is 0 Å². The first-order chi connectivity index (χ1) is 8.36. The summed E-state index contributed by atoms with van der Waals surface area (Å²) in [7, 11) is 0. The molecule has 1 aromatic carbocycles. The van der Waals surface area contributed by atoms with Crippen LogP contribution in [0, 0.1) is 0 Å². The number of aldehydes is 1. The van der Waals surface area contributed by atoms with E-state index in [0.717, 1.165) is 17.0 Å². The maximum atomic E-state index is 10.6. The van der Waals surface area contributed by atoms with Gasteiger partial charge in [0.1, 0.15) is 11.6 Å². The highest BCUT2D eigenvalue weighted by molar-refractivity contribution is 7.13. The number of carbonyl (C=O) groups excluding carboxylic acids is 1. The highest BCUT2D eigenvalue weighted by atomic mass is 32.1. The summed E-state index contributed by atoms with van der Waals surface area (Å²) in [6.45, 7) is 0.419. The molecule has 1 aliphatic heterocycles. The number of thiazole rings is 1. The molecule has 1 atom stereocenters. The summed E-state index contributed by atoms with van der Waals surface area (Å²) >= 11 is 1.33. The summed E-state index contributed by atoms with van der Waals surface area (Å²) in [5.74, 6) is 1.46. The van der Waals surface area contributed by atoms with E-state index in [2.05, 4.69) is 4.98 Å². The Kier molecular flexibility index (Phi) is 2.53. The van der Waals surface area contributed by atoms with Crippen molar-refractivity contribution in [1.82, 2.24) is 4.98 Å². The van der Waals surface area contributed by atoms with Crippen LogP contribution in [0.2, 0.25) is 0 Å². The summed E-state index contributed by atoms with van der Waals surface area (Å²) < 4.78 is 11.4. The molecule has 0 amide bonds. The molecule has 2 heterocycles. The fourth-order valence-corrected chi connectivity index (χ4v) is 2.39. The molecule has 86 valence electrons. The number of aromatic nitrogens is 1. The smallest absolute Gasteiger partial charge is 0.184 e. The fraction of sp³-hybridized carbons (Fsp3) is 0.167. The van der Waals surface area contributed by atoms with Crippen molar-refractivity contribution in [2.24, 2.45) is 0 Å². The Hall–Kier alpha value is -1.88. The van der Waals surface area contributed by atoms with Crippen molar-refractivity contribution < 1.29 is 14.3 Å². The lowest BCUT2D eigenvalue weighted by Gasteiger charge is -2.24. The Bertz CT molecular complexity index is 552. The molecule has 0 bridgehead atoms. The Morgan fingerprint density at radius 2 is 2.18 bits per heavy atom. The third kappa shape index (κ3) is 1.89. The predicted octanol–water partition coefficient (Wildman–Crippen LogP) is 2.47. The van der Waals surface area contributed by atoms with Gasteiger partial charge in [0, 0.05) is 6.20 Å². The molecule has 3 rings (SSSR count). The van der Waals surface area contributed by atoms with Gasteiger partial charge in [-0.15, -0.1) is 11.3 Å². The van der Waals surface area contributed by atoms with Gasteiger partial charge in [0.05, 0.1) is 4.88 Å². The molecule has 1 unspecified atom stereocenters. The average Bonchev–Trinajstić information content (AvgIpc) is 2.87. The SMILES string of the molecule is O=Cc1cnc(C2COc3ccccc3O2)s1. The molecule has 0 spiro atoms. The van der Waals surface area contributed by atoms with Crippen LogP contribution in [-0.4, -0.2) is 17.9 Å². The molecular formula is C12H9NO3S. The van der Waals surface area contributed by atoms with Crippen LogP contribution in [-0.2, 0) is 0 Å². The van der Waals surface area contributed by atoms with Gasteiger partial charge in [-0.3, -0.25) is 4.79 Å². The second-order valence-electron chi connectivity index (χ2n) is 3.58. The number of hydrogen-bond acceptors (Lipinski definition) is 5. The van der Waals surface area contributed by atoms with Crippen molar-refractivity contribution in [3.63, 3.8) is 0 Å². The average molecular weight is 247 g/mol. The Morgan fingerprint density at radius 1 is 1.35 bits per heavy atom. The van der Waals surface area contributed by atoms with E-state index in [1.165, 1.54) is 11.3 Å². The molecule has 1 aliphatic rings. The second kappa shape index (κ2) is 4.18. The zero-order valence-corrected chi connectivity index (χ0v) is 9.65. The monoisotopic (exact) mass is 247 g/mol. The van der Waals surface area contributed by atoms with Crippen molar-refractivity contribution in [1.29, 1.82) is 0 Å².